The summed E-state index contributed by atoms with van der Waals surface area (Å²) in [4.78, 5) is 24.7. The van der Waals surface area contributed by atoms with E-state index >= 15 is 0 Å². The fourth-order valence-electron chi connectivity index (χ4n) is 2.56. The normalized spacial score (nSPS) is 34.3. The first kappa shape index (κ1) is 11.4. The van der Waals surface area contributed by atoms with E-state index in [1.165, 1.54) is 4.90 Å². The van der Waals surface area contributed by atoms with E-state index < -0.39 is 12.0 Å². The predicted molar refractivity (Wildman–Crippen MR) is 55.9 cm³/mol. The van der Waals surface area contributed by atoms with Gasteiger partial charge in [0.15, 0.2) is 0 Å². The third kappa shape index (κ3) is 1.91. The SMILES string of the molecule is CC1OCCC1C(=O)N1CCC[C@H]1C(=O)O. The monoisotopic (exact) mass is 227 g/mol. The van der Waals surface area contributed by atoms with Crippen LogP contribution in [0.4, 0.5) is 0 Å². The van der Waals surface area contributed by atoms with E-state index in [1.54, 1.807) is 0 Å². The molecule has 0 aromatic carbocycles. The predicted octanol–water partition coefficient (Wildman–Crippen LogP) is 0.487. The van der Waals surface area contributed by atoms with Gasteiger partial charge < -0.3 is 14.7 Å². The quantitative estimate of drug-likeness (QED) is 0.745. The van der Waals surface area contributed by atoms with Crippen LogP contribution < -0.4 is 0 Å². The molecule has 2 heterocycles. The van der Waals surface area contributed by atoms with Gasteiger partial charge in [-0.15, -0.1) is 0 Å². The molecule has 1 amide bonds. The summed E-state index contributed by atoms with van der Waals surface area (Å²) in [6.07, 6.45) is 1.99. The maximum absolute atomic E-state index is 12.2. The molecule has 5 heteroatoms. The minimum Gasteiger partial charge on any atom is -0.480 e. The number of ether oxygens (including phenoxy) is 1. The Labute approximate surface area is 94.4 Å². The third-order valence-electron chi connectivity index (χ3n) is 3.51. The topological polar surface area (TPSA) is 66.8 Å². The standard InChI is InChI=1S/C11H17NO4/c1-7-8(4-6-16-7)10(13)12-5-2-3-9(12)11(14)15/h7-9H,2-6H2,1H3,(H,14,15)/t7?,8?,9-/m0/s1. The second-order valence-electron chi connectivity index (χ2n) is 4.50. The fraction of sp³-hybridized carbons (Fsp3) is 0.818. The molecule has 5 nitrogen and oxygen atoms in total. The van der Waals surface area contributed by atoms with E-state index in [4.69, 9.17) is 9.84 Å². The molecule has 1 N–H and O–H groups in total. The second kappa shape index (κ2) is 4.41. The summed E-state index contributed by atoms with van der Waals surface area (Å²) in [5, 5.41) is 9.02. The number of carbonyl (C=O) groups is 2. The Bertz CT molecular complexity index is 304. The Morgan fingerprint density at radius 3 is 2.69 bits per heavy atom. The van der Waals surface area contributed by atoms with Gasteiger partial charge >= 0.3 is 5.97 Å². The summed E-state index contributed by atoms with van der Waals surface area (Å²) >= 11 is 0. The van der Waals surface area contributed by atoms with Crippen molar-refractivity contribution in [1.29, 1.82) is 0 Å². The van der Waals surface area contributed by atoms with Crippen LogP contribution in [0.25, 0.3) is 0 Å². The van der Waals surface area contributed by atoms with Crippen LogP contribution >= 0.6 is 0 Å². The van der Waals surface area contributed by atoms with Gasteiger partial charge in [0.2, 0.25) is 5.91 Å². The highest BCUT2D eigenvalue weighted by Crippen LogP contribution is 2.27. The Morgan fingerprint density at radius 1 is 1.38 bits per heavy atom. The van der Waals surface area contributed by atoms with Crippen LogP contribution in [0.15, 0.2) is 0 Å². The van der Waals surface area contributed by atoms with Crippen molar-refractivity contribution < 1.29 is 19.4 Å². The first-order chi connectivity index (χ1) is 7.61. The summed E-state index contributed by atoms with van der Waals surface area (Å²) in [5.41, 5.74) is 0. The van der Waals surface area contributed by atoms with Crippen molar-refractivity contribution in [3.05, 3.63) is 0 Å². The van der Waals surface area contributed by atoms with E-state index in [9.17, 15) is 9.59 Å². The Morgan fingerprint density at radius 2 is 2.12 bits per heavy atom. The number of nitrogens with zero attached hydrogens (tertiary/aromatic N) is 1. The van der Waals surface area contributed by atoms with Gasteiger partial charge in [-0.25, -0.2) is 4.79 Å². The molecule has 2 rings (SSSR count). The average molecular weight is 227 g/mol. The lowest BCUT2D eigenvalue weighted by Crippen LogP contribution is -2.44. The zero-order chi connectivity index (χ0) is 11.7. The van der Waals surface area contributed by atoms with Crippen LogP contribution in [0.3, 0.4) is 0 Å². The Kier molecular flexibility index (Phi) is 3.14. The van der Waals surface area contributed by atoms with Crippen LogP contribution in [0, 0.1) is 5.92 Å². The molecular formula is C11H17NO4. The van der Waals surface area contributed by atoms with Gasteiger partial charge in [0, 0.05) is 13.2 Å². The summed E-state index contributed by atoms with van der Waals surface area (Å²) in [5.74, 6) is -1.09. The summed E-state index contributed by atoms with van der Waals surface area (Å²) < 4.78 is 5.35. The highest BCUT2D eigenvalue weighted by molar-refractivity contribution is 5.86. The molecule has 2 unspecified atom stereocenters. The Balaban J connectivity index is 2.06. The fourth-order valence-corrected chi connectivity index (χ4v) is 2.56. The smallest absolute Gasteiger partial charge is 0.326 e. The third-order valence-corrected chi connectivity index (χ3v) is 3.51. The molecule has 0 aliphatic carbocycles. The highest BCUT2D eigenvalue weighted by atomic mass is 16.5. The molecule has 2 aliphatic heterocycles. The van der Waals surface area contributed by atoms with Gasteiger partial charge in [0.25, 0.3) is 0 Å². The number of rotatable bonds is 2. The molecule has 0 radical (unpaired) electrons. The van der Waals surface area contributed by atoms with Crippen LogP contribution in [0.1, 0.15) is 26.2 Å². The highest BCUT2D eigenvalue weighted by Gasteiger charge is 2.40. The average Bonchev–Trinajstić information content (AvgIpc) is 2.84. The summed E-state index contributed by atoms with van der Waals surface area (Å²) in [6.45, 7) is 3.05. The number of aliphatic carboxylic acids is 1. The maximum Gasteiger partial charge on any atom is 0.326 e. The molecule has 2 aliphatic rings. The van der Waals surface area contributed by atoms with E-state index in [2.05, 4.69) is 0 Å². The molecule has 16 heavy (non-hydrogen) atoms. The van der Waals surface area contributed by atoms with Gasteiger partial charge in [-0.05, 0) is 26.2 Å². The number of carbonyl (C=O) groups excluding carboxylic acids is 1. The summed E-state index contributed by atoms with van der Waals surface area (Å²) in [7, 11) is 0. The van der Waals surface area contributed by atoms with Crippen molar-refractivity contribution in [3.8, 4) is 0 Å². The molecule has 3 atom stereocenters. The summed E-state index contributed by atoms with van der Waals surface area (Å²) in [6, 6.07) is -0.625. The molecule has 0 aromatic heterocycles. The van der Waals surface area contributed by atoms with Crippen molar-refractivity contribution in [2.45, 2.75) is 38.3 Å². The minimum absolute atomic E-state index is 0.0464. The molecule has 0 saturated carbocycles. The van der Waals surface area contributed by atoms with Gasteiger partial charge in [0.1, 0.15) is 6.04 Å². The maximum atomic E-state index is 12.2. The van der Waals surface area contributed by atoms with Crippen LogP contribution in [0.5, 0.6) is 0 Å². The van der Waals surface area contributed by atoms with E-state index in [0.29, 0.717) is 26.0 Å². The molecule has 90 valence electrons. The van der Waals surface area contributed by atoms with Crippen LogP contribution in [0.2, 0.25) is 0 Å². The number of likely N-dealkylation sites (tertiary alicyclic amines) is 1. The Hall–Kier alpha value is -1.10. The molecular weight excluding hydrogens is 210 g/mol. The number of hydrogen-bond donors (Lipinski definition) is 1. The second-order valence-corrected chi connectivity index (χ2v) is 4.50. The molecule has 0 spiro atoms. The zero-order valence-corrected chi connectivity index (χ0v) is 9.39. The van der Waals surface area contributed by atoms with Crippen molar-refractivity contribution in [2.24, 2.45) is 5.92 Å². The van der Waals surface area contributed by atoms with Gasteiger partial charge in [-0.2, -0.15) is 0 Å². The van der Waals surface area contributed by atoms with Crippen molar-refractivity contribution in [3.63, 3.8) is 0 Å². The van der Waals surface area contributed by atoms with E-state index in [1.807, 2.05) is 6.92 Å². The van der Waals surface area contributed by atoms with Crippen LogP contribution in [-0.4, -0.2) is 47.2 Å². The lowest BCUT2D eigenvalue weighted by molar-refractivity contribution is -0.150. The first-order valence-corrected chi connectivity index (χ1v) is 5.76. The zero-order valence-electron chi connectivity index (χ0n) is 9.39. The number of carboxylic acid groups (broad SMARTS) is 1. The van der Waals surface area contributed by atoms with Crippen molar-refractivity contribution >= 4 is 11.9 Å². The number of hydrogen-bond acceptors (Lipinski definition) is 3. The van der Waals surface area contributed by atoms with E-state index in [-0.39, 0.29) is 17.9 Å². The molecule has 0 bridgehead atoms. The van der Waals surface area contributed by atoms with Crippen LogP contribution in [-0.2, 0) is 14.3 Å². The minimum atomic E-state index is -0.891. The lowest BCUT2D eigenvalue weighted by atomic mass is 10.0. The number of carboxylic acids is 1. The first-order valence-electron chi connectivity index (χ1n) is 5.76. The van der Waals surface area contributed by atoms with Gasteiger partial charge in [-0.1, -0.05) is 0 Å². The van der Waals surface area contributed by atoms with Gasteiger partial charge in [0.05, 0.1) is 12.0 Å². The lowest BCUT2D eigenvalue weighted by Gasteiger charge is -2.25. The van der Waals surface area contributed by atoms with Crippen molar-refractivity contribution in [2.75, 3.05) is 13.2 Å². The number of amides is 1. The van der Waals surface area contributed by atoms with Crippen molar-refractivity contribution in [1.82, 2.24) is 4.90 Å². The van der Waals surface area contributed by atoms with Gasteiger partial charge in [-0.3, -0.25) is 4.79 Å². The molecule has 0 aromatic rings. The molecule has 2 fully saturated rings. The largest absolute Gasteiger partial charge is 0.480 e. The van der Waals surface area contributed by atoms with E-state index in [0.717, 1.165) is 6.42 Å². The molecule has 2 saturated heterocycles.